The SMILES string of the molecule is O=C(O)c1cn(-c2ccc(F)cc2)c2c3c(c(F)cc2c1=O)N1CCC[C@H]1CO3. The van der Waals surface area contributed by atoms with Crippen LogP contribution in [-0.4, -0.2) is 34.8 Å². The second kappa shape index (κ2) is 6.30. The fourth-order valence-corrected chi connectivity index (χ4v) is 4.26. The number of benzene rings is 2. The first-order valence-corrected chi connectivity index (χ1v) is 9.26. The van der Waals surface area contributed by atoms with Gasteiger partial charge in [-0.25, -0.2) is 13.6 Å². The number of carboxylic acid groups (broad SMARTS) is 1. The molecule has 1 aromatic heterocycles. The Morgan fingerprint density at radius 1 is 1.21 bits per heavy atom. The maximum atomic E-state index is 15.1. The number of rotatable bonds is 2. The third-order valence-corrected chi connectivity index (χ3v) is 5.59. The Balaban J connectivity index is 1.90. The predicted molar refractivity (Wildman–Crippen MR) is 102 cm³/mol. The van der Waals surface area contributed by atoms with Crippen molar-refractivity contribution in [1.29, 1.82) is 0 Å². The zero-order valence-corrected chi connectivity index (χ0v) is 15.2. The van der Waals surface area contributed by atoms with Gasteiger partial charge in [0.2, 0.25) is 5.43 Å². The number of hydrogen-bond acceptors (Lipinski definition) is 4. The molecule has 0 amide bonds. The fraction of sp³-hybridized carbons (Fsp3) is 0.238. The van der Waals surface area contributed by atoms with Gasteiger partial charge < -0.3 is 19.3 Å². The molecule has 2 aromatic carbocycles. The smallest absolute Gasteiger partial charge is 0.341 e. The van der Waals surface area contributed by atoms with Crippen molar-refractivity contribution in [3.63, 3.8) is 0 Å². The van der Waals surface area contributed by atoms with E-state index >= 15 is 4.39 Å². The molecule has 2 aliphatic heterocycles. The van der Waals surface area contributed by atoms with Crippen molar-refractivity contribution in [3.8, 4) is 11.4 Å². The van der Waals surface area contributed by atoms with Crippen LogP contribution in [0.15, 0.2) is 41.3 Å². The third kappa shape index (κ3) is 2.59. The molecule has 0 aliphatic carbocycles. The highest BCUT2D eigenvalue weighted by Gasteiger charge is 2.36. The number of anilines is 1. The van der Waals surface area contributed by atoms with Crippen LogP contribution in [0.5, 0.6) is 5.75 Å². The molecular weight excluding hydrogens is 382 g/mol. The molecule has 0 bridgehead atoms. The molecule has 0 spiro atoms. The van der Waals surface area contributed by atoms with Gasteiger partial charge in [-0.05, 0) is 43.2 Å². The molecule has 1 atom stereocenters. The van der Waals surface area contributed by atoms with Crippen LogP contribution in [0.4, 0.5) is 14.5 Å². The van der Waals surface area contributed by atoms with Gasteiger partial charge in [0.25, 0.3) is 0 Å². The molecule has 29 heavy (non-hydrogen) atoms. The first kappa shape index (κ1) is 17.7. The summed E-state index contributed by atoms with van der Waals surface area (Å²) in [5.41, 5.74) is -0.312. The van der Waals surface area contributed by atoms with Crippen LogP contribution < -0.4 is 15.1 Å². The average molecular weight is 398 g/mol. The fourth-order valence-electron chi connectivity index (χ4n) is 4.26. The predicted octanol–water partition coefficient (Wildman–Crippen LogP) is 3.33. The highest BCUT2D eigenvalue weighted by Crippen LogP contribution is 2.44. The van der Waals surface area contributed by atoms with E-state index in [0.29, 0.717) is 18.8 Å². The maximum absolute atomic E-state index is 15.1. The van der Waals surface area contributed by atoms with Gasteiger partial charge >= 0.3 is 5.97 Å². The van der Waals surface area contributed by atoms with Crippen LogP contribution in [0, 0.1) is 11.6 Å². The lowest BCUT2D eigenvalue weighted by Gasteiger charge is -2.34. The van der Waals surface area contributed by atoms with Gasteiger partial charge in [0.15, 0.2) is 11.6 Å². The molecule has 148 valence electrons. The van der Waals surface area contributed by atoms with E-state index < -0.39 is 28.6 Å². The number of aromatic nitrogens is 1. The number of carboxylic acids is 1. The van der Waals surface area contributed by atoms with E-state index in [9.17, 15) is 19.1 Å². The molecule has 2 aliphatic rings. The van der Waals surface area contributed by atoms with E-state index in [1.165, 1.54) is 35.0 Å². The largest absolute Gasteiger partial charge is 0.487 e. The molecular formula is C21H16F2N2O4. The summed E-state index contributed by atoms with van der Waals surface area (Å²) >= 11 is 0. The summed E-state index contributed by atoms with van der Waals surface area (Å²) in [5.74, 6) is -2.30. The Labute approximate surface area is 163 Å². The first-order valence-electron chi connectivity index (χ1n) is 9.26. The molecule has 0 unspecified atom stereocenters. The third-order valence-electron chi connectivity index (χ3n) is 5.59. The molecule has 8 heteroatoms. The maximum Gasteiger partial charge on any atom is 0.341 e. The van der Waals surface area contributed by atoms with Crippen molar-refractivity contribution in [2.75, 3.05) is 18.1 Å². The molecule has 1 saturated heterocycles. The molecule has 6 nitrogen and oxygen atoms in total. The van der Waals surface area contributed by atoms with Crippen LogP contribution in [0.1, 0.15) is 23.2 Å². The number of halogens is 2. The topological polar surface area (TPSA) is 71.8 Å². The van der Waals surface area contributed by atoms with Gasteiger partial charge in [-0.3, -0.25) is 4.79 Å². The van der Waals surface area contributed by atoms with Crippen molar-refractivity contribution in [1.82, 2.24) is 4.57 Å². The summed E-state index contributed by atoms with van der Waals surface area (Å²) in [4.78, 5) is 26.3. The number of carbonyl (C=O) groups is 1. The highest BCUT2D eigenvalue weighted by atomic mass is 19.1. The lowest BCUT2D eigenvalue weighted by Crippen LogP contribution is -2.39. The molecule has 1 N–H and O–H groups in total. The van der Waals surface area contributed by atoms with Gasteiger partial charge in [0, 0.05) is 18.4 Å². The molecule has 3 heterocycles. The van der Waals surface area contributed by atoms with E-state index in [4.69, 9.17) is 4.74 Å². The van der Waals surface area contributed by atoms with Gasteiger partial charge in [0.1, 0.15) is 29.2 Å². The standard InChI is InChI=1S/C21H16F2N2O4/c22-11-3-5-12(6-4-11)25-9-15(21(27)28)19(26)14-8-16(23)18-20(17(14)25)29-10-13-2-1-7-24(13)18/h3-6,8-9,13H,1-2,7,10H2,(H,27,28)/t13-/m0/s1. The number of ether oxygens (including phenoxy) is 1. The quantitative estimate of drug-likeness (QED) is 0.717. The van der Waals surface area contributed by atoms with E-state index in [1.54, 1.807) is 0 Å². The monoisotopic (exact) mass is 398 g/mol. The van der Waals surface area contributed by atoms with Crippen LogP contribution in [0.3, 0.4) is 0 Å². The summed E-state index contributed by atoms with van der Waals surface area (Å²) in [7, 11) is 0. The Morgan fingerprint density at radius 2 is 1.97 bits per heavy atom. The summed E-state index contributed by atoms with van der Waals surface area (Å²) in [5, 5.41) is 9.37. The van der Waals surface area contributed by atoms with Gasteiger partial charge in [-0.1, -0.05) is 0 Å². The van der Waals surface area contributed by atoms with Gasteiger partial charge in [-0.2, -0.15) is 0 Å². The minimum Gasteiger partial charge on any atom is -0.487 e. The summed E-state index contributed by atoms with van der Waals surface area (Å²) in [6.07, 6.45) is 2.98. The number of nitrogens with zero attached hydrogens (tertiary/aromatic N) is 2. The molecule has 3 aromatic rings. The van der Waals surface area contributed by atoms with Crippen molar-refractivity contribution >= 4 is 22.6 Å². The zero-order chi connectivity index (χ0) is 20.3. The van der Waals surface area contributed by atoms with E-state index in [1.807, 2.05) is 4.90 Å². The molecule has 0 saturated carbocycles. The molecule has 5 rings (SSSR count). The Kier molecular flexibility index (Phi) is 3.84. The summed E-state index contributed by atoms with van der Waals surface area (Å²) in [6, 6.07) is 6.52. The van der Waals surface area contributed by atoms with Gasteiger partial charge in [-0.15, -0.1) is 0 Å². The van der Waals surface area contributed by atoms with Gasteiger partial charge in [0.05, 0.1) is 11.4 Å². The minimum atomic E-state index is -1.42. The van der Waals surface area contributed by atoms with E-state index in [2.05, 4.69) is 0 Å². The number of aromatic carboxylic acids is 1. The highest BCUT2D eigenvalue weighted by molar-refractivity contribution is 5.98. The van der Waals surface area contributed by atoms with Crippen molar-refractivity contribution in [2.24, 2.45) is 0 Å². The number of hydrogen-bond donors (Lipinski definition) is 1. The Hall–Kier alpha value is -3.42. The average Bonchev–Trinajstić information content (AvgIpc) is 3.18. The van der Waals surface area contributed by atoms with Crippen molar-refractivity contribution < 1.29 is 23.4 Å². The molecule has 1 fully saturated rings. The Bertz CT molecular complexity index is 1220. The second-order valence-electron chi connectivity index (χ2n) is 7.26. The van der Waals surface area contributed by atoms with Crippen LogP contribution >= 0.6 is 0 Å². The van der Waals surface area contributed by atoms with Crippen LogP contribution in [0.25, 0.3) is 16.6 Å². The lowest BCUT2D eigenvalue weighted by atomic mass is 10.1. The summed E-state index contributed by atoms with van der Waals surface area (Å²) in [6.45, 7) is 1.03. The summed E-state index contributed by atoms with van der Waals surface area (Å²) < 4.78 is 35.9. The van der Waals surface area contributed by atoms with E-state index in [0.717, 1.165) is 18.9 Å². The number of fused-ring (bicyclic) bond motifs is 5. The Morgan fingerprint density at radius 3 is 2.69 bits per heavy atom. The van der Waals surface area contributed by atoms with Crippen molar-refractivity contribution in [3.05, 3.63) is 63.9 Å². The number of pyridine rings is 1. The van der Waals surface area contributed by atoms with E-state index in [-0.39, 0.29) is 28.4 Å². The van der Waals surface area contributed by atoms with Crippen LogP contribution in [0.2, 0.25) is 0 Å². The lowest BCUT2D eigenvalue weighted by molar-refractivity contribution is 0.0695. The second-order valence-corrected chi connectivity index (χ2v) is 7.26. The van der Waals surface area contributed by atoms with Crippen LogP contribution in [-0.2, 0) is 0 Å². The van der Waals surface area contributed by atoms with Crippen molar-refractivity contribution in [2.45, 2.75) is 18.9 Å². The molecule has 0 radical (unpaired) electrons. The normalized spacial score (nSPS) is 17.7. The zero-order valence-electron chi connectivity index (χ0n) is 15.2. The minimum absolute atomic E-state index is 0.0683. The first-order chi connectivity index (χ1) is 14.0.